The van der Waals surface area contributed by atoms with Crippen LogP contribution in [0.4, 0.5) is 0 Å². The Balaban J connectivity index is 1.51. The van der Waals surface area contributed by atoms with Crippen molar-refractivity contribution in [2.45, 2.75) is 82.8 Å². The van der Waals surface area contributed by atoms with Gasteiger partial charge in [0, 0.05) is 14.2 Å². The third-order valence-corrected chi connectivity index (χ3v) is 8.96. The van der Waals surface area contributed by atoms with Crippen LogP contribution in [0.3, 0.4) is 0 Å². The second kappa shape index (κ2) is 6.80. The summed E-state index contributed by atoms with van der Waals surface area (Å²) in [5.41, 5.74) is -0.148. The van der Waals surface area contributed by atoms with E-state index < -0.39 is 5.60 Å². The minimum atomic E-state index is -0.558. The summed E-state index contributed by atoms with van der Waals surface area (Å²) in [4.78, 5) is 0. The maximum Gasteiger partial charge on any atom is 0.0882 e. The molecule has 4 fully saturated rings. The Morgan fingerprint density at radius 1 is 0.920 bits per heavy atom. The Bertz CT molecular complexity index is 480. The van der Waals surface area contributed by atoms with Crippen molar-refractivity contribution < 1.29 is 14.6 Å². The second-order valence-electron chi connectivity index (χ2n) is 10.0. The normalized spacial score (nSPS) is 52.8. The van der Waals surface area contributed by atoms with Crippen LogP contribution in [0.2, 0.25) is 0 Å². The van der Waals surface area contributed by atoms with Crippen molar-refractivity contribution in [3.05, 3.63) is 0 Å². The molecule has 4 rings (SSSR count). The number of hydrogen-bond acceptors (Lipinski definition) is 3. The molecule has 0 bridgehead atoms. The van der Waals surface area contributed by atoms with Crippen LogP contribution in [-0.4, -0.2) is 37.6 Å². The molecule has 144 valence electrons. The Hall–Kier alpha value is -0.120. The highest BCUT2D eigenvalue weighted by molar-refractivity contribution is 5.06. The molecule has 1 N–H and O–H groups in total. The van der Waals surface area contributed by atoms with Gasteiger partial charge in [0.2, 0.25) is 0 Å². The smallest absolute Gasteiger partial charge is 0.0882 e. The highest BCUT2D eigenvalue weighted by atomic mass is 16.5. The first kappa shape index (κ1) is 18.3. The van der Waals surface area contributed by atoms with Crippen LogP contribution in [-0.2, 0) is 9.47 Å². The van der Waals surface area contributed by atoms with E-state index >= 15 is 0 Å². The lowest BCUT2D eigenvalue weighted by molar-refractivity contribution is -0.160. The van der Waals surface area contributed by atoms with Gasteiger partial charge in [-0.05, 0) is 92.8 Å². The fourth-order valence-electron chi connectivity index (χ4n) is 7.89. The molecule has 0 amide bonds. The molecule has 3 heteroatoms. The van der Waals surface area contributed by atoms with Crippen molar-refractivity contribution in [2.75, 3.05) is 20.8 Å². The summed E-state index contributed by atoms with van der Waals surface area (Å²) in [7, 11) is 3.65. The average Bonchev–Trinajstić information content (AvgIpc) is 2.60. The third kappa shape index (κ3) is 2.99. The van der Waals surface area contributed by atoms with Gasteiger partial charge in [-0.1, -0.05) is 13.3 Å². The van der Waals surface area contributed by atoms with Crippen LogP contribution < -0.4 is 0 Å². The van der Waals surface area contributed by atoms with E-state index in [9.17, 15) is 5.11 Å². The quantitative estimate of drug-likeness (QED) is 0.819. The molecule has 0 aromatic heterocycles. The Morgan fingerprint density at radius 2 is 1.72 bits per heavy atom. The van der Waals surface area contributed by atoms with Crippen molar-refractivity contribution in [1.82, 2.24) is 0 Å². The number of fused-ring (bicyclic) bond motifs is 5. The molecule has 4 aliphatic rings. The molecule has 0 aromatic rings. The Labute approximate surface area is 153 Å². The fraction of sp³-hybridized carbons (Fsp3) is 1.00. The maximum atomic E-state index is 10.9. The first-order valence-electron chi connectivity index (χ1n) is 10.7. The topological polar surface area (TPSA) is 38.7 Å². The molecule has 0 saturated heterocycles. The molecular weight excluding hydrogens is 312 g/mol. The summed E-state index contributed by atoms with van der Waals surface area (Å²) < 4.78 is 11.3. The SMILES string of the molecule is COC[C@]1(O)CC[C@H]2[C@H](CC[C@@H]3[C@@H]2CC[C@]2(C)[C@@H](OC)CCC[C@@H]32)C1. The average molecular weight is 351 g/mol. The van der Waals surface area contributed by atoms with E-state index in [1.165, 1.54) is 51.4 Å². The van der Waals surface area contributed by atoms with E-state index in [0.717, 1.165) is 42.4 Å². The zero-order valence-electron chi connectivity index (χ0n) is 16.5. The number of methoxy groups -OCH3 is 2. The number of rotatable bonds is 3. The van der Waals surface area contributed by atoms with E-state index in [0.29, 0.717) is 18.1 Å². The molecule has 0 aliphatic heterocycles. The third-order valence-electron chi connectivity index (χ3n) is 8.96. The van der Waals surface area contributed by atoms with Gasteiger partial charge >= 0.3 is 0 Å². The molecule has 0 radical (unpaired) electrons. The molecule has 0 heterocycles. The number of aliphatic hydroxyl groups is 1. The van der Waals surface area contributed by atoms with Crippen LogP contribution in [0.25, 0.3) is 0 Å². The second-order valence-corrected chi connectivity index (χ2v) is 10.0. The molecule has 8 atom stereocenters. The summed E-state index contributed by atoms with van der Waals surface area (Å²) in [6.45, 7) is 3.05. The first-order valence-corrected chi connectivity index (χ1v) is 10.7. The first-order chi connectivity index (χ1) is 12.0. The van der Waals surface area contributed by atoms with Crippen LogP contribution >= 0.6 is 0 Å². The van der Waals surface area contributed by atoms with Crippen LogP contribution in [0, 0.1) is 35.0 Å². The monoisotopic (exact) mass is 350 g/mol. The van der Waals surface area contributed by atoms with E-state index in [4.69, 9.17) is 9.47 Å². The van der Waals surface area contributed by atoms with Crippen molar-refractivity contribution in [1.29, 1.82) is 0 Å². The van der Waals surface area contributed by atoms with Crippen LogP contribution in [0.5, 0.6) is 0 Å². The minimum Gasteiger partial charge on any atom is -0.387 e. The maximum absolute atomic E-state index is 10.9. The Morgan fingerprint density at radius 3 is 2.48 bits per heavy atom. The van der Waals surface area contributed by atoms with Crippen molar-refractivity contribution >= 4 is 0 Å². The van der Waals surface area contributed by atoms with Gasteiger partial charge in [-0.15, -0.1) is 0 Å². The zero-order chi connectivity index (χ0) is 17.7. The predicted molar refractivity (Wildman–Crippen MR) is 99.3 cm³/mol. The predicted octanol–water partition coefficient (Wildman–Crippen LogP) is 4.42. The van der Waals surface area contributed by atoms with Gasteiger partial charge in [0.25, 0.3) is 0 Å². The van der Waals surface area contributed by atoms with E-state index in [1.807, 2.05) is 7.11 Å². The standard InChI is InChI=1S/C22H38O3/c1-21-11-9-17-16-10-12-22(23,14-24-2)13-15(16)7-8-18(17)19(21)5-4-6-20(21)25-3/h15-20,23H,4-14H2,1-3H3/t15-,16+,17-,18-,19+,20+,21+,22+/m1/s1. The minimum absolute atomic E-state index is 0.409. The van der Waals surface area contributed by atoms with Crippen molar-refractivity contribution in [3.63, 3.8) is 0 Å². The summed E-state index contributed by atoms with van der Waals surface area (Å²) >= 11 is 0. The molecule has 3 nitrogen and oxygen atoms in total. The molecule has 0 spiro atoms. The summed E-state index contributed by atoms with van der Waals surface area (Å²) in [5, 5.41) is 10.9. The molecule has 0 unspecified atom stereocenters. The summed E-state index contributed by atoms with van der Waals surface area (Å²) in [5.74, 6) is 4.25. The molecule has 4 aliphatic carbocycles. The highest BCUT2D eigenvalue weighted by Crippen LogP contribution is 2.62. The summed E-state index contributed by atoms with van der Waals surface area (Å²) in [6, 6.07) is 0. The molecule has 4 saturated carbocycles. The van der Waals surface area contributed by atoms with E-state index in [2.05, 4.69) is 6.92 Å². The molecule has 25 heavy (non-hydrogen) atoms. The van der Waals surface area contributed by atoms with Gasteiger partial charge in [0.05, 0.1) is 18.3 Å². The van der Waals surface area contributed by atoms with Crippen LogP contribution in [0.1, 0.15) is 71.1 Å². The fourth-order valence-corrected chi connectivity index (χ4v) is 7.89. The van der Waals surface area contributed by atoms with Crippen molar-refractivity contribution in [2.24, 2.45) is 35.0 Å². The molecular formula is C22H38O3. The lowest BCUT2D eigenvalue weighted by Crippen LogP contribution is -2.56. The van der Waals surface area contributed by atoms with E-state index in [1.54, 1.807) is 7.11 Å². The number of hydrogen-bond donors (Lipinski definition) is 1. The Kier molecular flexibility index (Phi) is 4.96. The summed E-state index contributed by atoms with van der Waals surface area (Å²) in [6.07, 6.45) is 13.1. The zero-order valence-corrected chi connectivity index (χ0v) is 16.5. The van der Waals surface area contributed by atoms with Gasteiger partial charge < -0.3 is 14.6 Å². The number of ether oxygens (including phenoxy) is 2. The van der Waals surface area contributed by atoms with Crippen molar-refractivity contribution in [3.8, 4) is 0 Å². The van der Waals surface area contributed by atoms with Gasteiger partial charge in [-0.25, -0.2) is 0 Å². The largest absolute Gasteiger partial charge is 0.387 e. The van der Waals surface area contributed by atoms with Gasteiger partial charge in [-0.2, -0.15) is 0 Å². The lowest BCUT2D eigenvalue weighted by atomic mass is 9.46. The lowest BCUT2D eigenvalue weighted by Gasteiger charge is -2.60. The van der Waals surface area contributed by atoms with Crippen LogP contribution in [0.15, 0.2) is 0 Å². The highest BCUT2D eigenvalue weighted by Gasteiger charge is 2.56. The van der Waals surface area contributed by atoms with Gasteiger partial charge in [-0.3, -0.25) is 0 Å². The van der Waals surface area contributed by atoms with Gasteiger partial charge in [0.1, 0.15) is 0 Å². The van der Waals surface area contributed by atoms with Gasteiger partial charge in [0.15, 0.2) is 0 Å². The molecule has 0 aromatic carbocycles. The van der Waals surface area contributed by atoms with E-state index in [-0.39, 0.29) is 0 Å².